The van der Waals surface area contributed by atoms with Crippen molar-refractivity contribution in [2.45, 2.75) is 6.92 Å². The number of hydrogen-bond donors (Lipinski definition) is 0. The van der Waals surface area contributed by atoms with Crippen LogP contribution in [0.3, 0.4) is 0 Å². The van der Waals surface area contributed by atoms with E-state index in [1.165, 1.54) is 0 Å². The molecule has 0 amide bonds. The lowest BCUT2D eigenvalue weighted by Gasteiger charge is -1.83. The maximum atomic E-state index is 4.62. The van der Waals surface area contributed by atoms with Crippen molar-refractivity contribution in [3.63, 3.8) is 0 Å². The molecule has 0 bridgehead atoms. The Kier molecular flexibility index (Phi) is 4.83. The van der Waals surface area contributed by atoms with Crippen LogP contribution < -0.4 is 0 Å². The lowest BCUT2D eigenvalue weighted by atomic mass is 10.9. The van der Waals surface area contributed by atoms with Gasteiger partial charge in [-0.2, -0.15) is 0 Å². The molecule has 0 unspecified atom stereocenters. The highest BCUT2D eigenvalue weighted by Crippen LogP contribution is 1.82. The van der Waals surface area contributed by atoms with Crippen LogP contribution in [-0.2, 0) is 4.74 Å². The highest BCUT2D eigenvalue weighted by atomic mass is 79.9. The van der Waals surface area contributed by atoms with Crippen LogP contribution in [0.1, 0.15) is 6.92 Å². The van der Waals surface area contributed by atoms with E-state index in [4.69, 9.17) is 0 Å². The highest BCUT2D eigenvalue weighted by molar-refractivity contribution is 9.09. The van der Waals surface area contributed by atoms with Crippen molar-refractivity contribution in [2.75, 3.05) is 5.52 Å². The van der Waals surface area contributed by atoms with Gasteiger partial charge in [-0.25, -0.2) is 0 Å². The third-order valence-electron chi connectivity index (χ3n) is 0.230. The molecule has 2 heteroatoms. The molecule has 0 heterocycles. The lowest BCUT2D eigenvalue weighted by Crippen LogP contribution is -1.73. The highest BCUT2D eigenvalue weighted by Gasteiger charge is 1.66. The Morgan fingerprint density at radius 1 is 2.00 bits per heavy atom. The monoisotopic (exact) mass is 137 g/mol. The van der Waals surface area contributed by atoms with Crippen molar-refractivity contribution in [1.82, 2.24) is 0 Å². The first kappa shape index (κ1) is 5.44. The largest absolute Gasteiger partial charge is 0.365 e. The van der Waals surface area contributed by atoms with Gasteiger partial charge in [0.2, 0.25) is 0 Å². The number of rotatable bonds is 2. The molecule has 5 heavy (non-hydrogen) atoms. The number of ether oxygens (including phenoxy) is 1. The molecular formula is C3H6BrO. The summed E-state index contributed by atoms with van der Waals surface area (Å²) >= 11 is 3.06. The molecule has 0 saturated heterocycles. The van der Waals surface area contributed by atoms with E-state index < -0.39 is 0 Å². The second kappa shape index (κ2) is 4.44. The van der Waals surface area contributed by atoms with Crippen LogP contribution in [0.15, 0.2) is 0 Å². The summed E-state index contributed by atoms with van der Waals surface area (Å²) in [6.07, 6.45) is 0. The molecule has 1 radical (unpaired) electrons. The van der Waals surface area contributed by atoms with Gasteiger partial charge in [0.1, 0.15) is 5.52 Å². The van der Waals surface area contributed by atoms with Gasteiger partial charge in [-0.15, -0.1) is 0 Å². The molecule has 0 aromatic rings. The third kappa shape index (κ3) is 4.44. The predicted molar refractivity (Wildman–Crippen MR) is 24.9 cm³/mol. The van der Waals surface area contributed by atoms with Gasteiger partial charge < -0.3 is 4.74 Å². The van der Waals surface area contributed by atoms with E-state index in [9.17, 15) is 0 Å². The summed E-state index contributed by atoms with van der Waals surface area (Å²) in [4.78, 5) is 0. The molecular weight excluding hydrogens is 132 g/mol. The van der Waals surface area contributed by atoms with E-state index >= 15 is 0 Å². The zero-order valence-corrected chi connectivity index (χ0v) is 4.66. The molecule has 0 aliphatic heterocycles. The summed E-state index contributed by atoms with van der Waals surface area (Å²) in [6, 6.07) is 0. The van der Waals surface area contributed by atoms with Crippen molar-refractivity contribution in [3.8, 4) is 0 Å². The van der Waals surface area contributed by atoms with Gasteiger partial charge in [-0.3, -0.25) is 0 Å². The molecule has 0 atom stereocenters. The molecule has 0 spiro atoms. The Morgan fingerprint density at radius 3 is 2.60 bits per heavy atom. The Morgan fingerprint density at radius 2 is 2.60 bits per heavy atom. The van der Waals surface area contributed by atoms with E-state index in [0.29, 0.717) is 5.52 Å². The van der Waals surface area contributed by atoms with Crippen LogP contribution in [0, 0.1) is 6.61 Å². The fourth-order valence-electron chi connectivity index (χ4n) is 0.0630. The van der Waals surface area contributed by atoms with Crippen molar-refractivity contribution in [1.29, 1.82) is 0 Å². The van der Waals surface area contributed by atoms with E-state index in [2.05, 4.69) is 20.7 Å². The summed E-state index contributed by atoms with van der Waals surface area (Å²) in [6.45, 7) is 3.47. The van der Waals surface area contributed by atoms with Crippen LogP contribution in [0.25, 0.3) is 0 Å². The van der Waals surface area contributed by atoms with Gasteiger partial charge in [0.05, 0.1) is 6.61 Å². The zero-order valence-electron chi connectivity index (χ0n) is 3.07. The van der Waals surface area contributed by atoms with Gasteiger partial charge in [-0.1, -0.05) is 15.9 Å². The van der Waals surface area contributed by atoms with Gasteiger partial charge in [0.25, 0.3) is 0 Å². The molecule has 0 rings (SSSR count). The Balaban J connectivity index is 2.19. The topological polar surface area (TPSA) is 9.23 Å². The molecule has 31 valence electrons. The minimum atomic E-state index is 0.601. The second-order valence-corrected chi connectivity index (χ2v) is 0.969. The van der Waals surface area contributed by atoms with Crippen LogP contribution in [-0.4, -0.2) is 5.52 Å². The van der Waals surface area contributed by atoms with Crippen molar-refractivity contribution in [2.24, 2.45) is 0 Å². The summed E-state index contributed by atoms with van der Waals surface area (Å²) in [5.74, 6) is 0. The van der Waals surface area contributed by atoms with E-state index in [-0.39, 0.29) is 0 Å². The summed E-state index contributed by atoms with van der Waals surface area (Å²) in [7, 11) is 0. The van der Waals surface area contributed by atoms with Crippen LogP contribution >= 0.6 is 15.9 Å². The molecule has 1 nitrogen and oxygen atoms in total. The smallest absolute Gasteiger partial charge is 0.102 e. The minimum Gasteiger partial charge on any atom is -0.365 e. The number of halogens is 1. The lowest BCUT2D eigenvalue weighted by molar-refractivity contribution is 0.268. The normalized spacial score (nSPS) is 8.40. The van der Waals surface area contributed by atoms with Crippen LogP contribution in [0.5, 0.6) is 0 Å². The molecule has 0 aromatic carbocycles. The van der Waals surface area contributed by atoms with E-state index in [0.717, 1.165) is 0 Å². The number of alkyl halides is 1. The van der Waals surface area contributed by atoms with E-state index in [1.54, 1.807) is 6.61 Å². The Hall–Kier alpha value is 0.440. The van der Waals surface area contributed by atoms with E-state index in [1.807, 2.05) is 6.92 Å². The first-order valence-electron chi connectivity index (χ1n) is 1.37. The van der Waals surface area contributed by atoms with Crippen LogP contribution in [0.4, 0.5) is 0 Å². The second-order valence-electron chi connectivity index (χ2n) is 0.511. The van der Waals surface area contributed by atoms with Crippen molar-refractivity contribution < 1.29 is 4.74 Å². The quantitative estimate of drug-likeness (QED) is 0.525. The maximum Gasteiger partial charge on any atom is 0.102 e. The molecule has 0 aliphatic rings. The molecule has 0 N–H and O–H groups in total. The maximum absolute atomic E-state index is 4.62. The first-order valence-corrected chi connectivity index (χ1v) is 2.49. The SMILES string of the molecule is C[CH]OCBr. The van der Waals surface area contributed by atoms with Gasteiger partial charge in [0.15, 0.2) is 0 Å². The fraction of sp³-hybridized carbons (Fsp3) is 0.667. The average molecular weight is 138 g/mol. The molecule has 0 fully saturated rings. The first-order chi connectivity index (χ1) is 2.41. The van der Waals surface area contributed by atoms with Crippen LogP contribution in [0.2, 0.25) is 0 Å². The number of hydrogen-bond acceptors (Lipinski definition) is 1. The molecule has 0 aliphatic carbocycles. The summed E-state index contributed by atoms with van der Waals surface area (Å²) in [5, 5.41) is 0. The summed E-state index contributed by atoms with van der Waals surface area (Å²) < 4.78 is 4.62. The summed E-state index contributed by atoms with van der Waals surface area (Å²) in [5.41, 5.74) is 0.601. The van der Waals surface area contributed by atoms with Gasteiger partial charge >= 0.3 is 0 Å². The standard InChI is InChI=1S/C3H6BrO/c1-2-5-3-4/h2H,3H2,1H3. The third-order valence-corrected chi connectivity index (χ3v) is 0.494. The van der Waals surface area contributed by atoms with Crippen molar-refractivity contribution >= 4 is 15.9 Å². The zero-order chi connectivity index (χ0) is 4.12. The molecule has 0 saturated carbocycles. The minimum absolute atomic E-state index is 0.601. The Labute approximate surface area is 40.5 Å². The average Bonchev–Trinajstić information content (AvgIpc) is 1.41. The Bertz CT molecular complexity index is 14.4. The fourth-order valence-corrected chi connectivity index (χ4v) is 0.327. The van der Waals surface area contributed by atoms with Gasteiger partial charge in [-0.05, 0) is 6.92 Å². The predicted octanol–water partition coefficient (Wildman–Crippen LogP) is 1.54. The van der Waals surface area contributed by atoms with Gasteiger partial charge in [0, 0.05) is 0 Å². The molecule has 0 aromatic heterocycles. The van der Waals surface area contributed by atoms with Crippen molar-refractivity contribution in [3.05, 3.63) is 6.61 Å².